The summed E-state index contributed by atoms with van der Waals surface area (Å²) in [5.74, 6) is -0.287. The first-order valence-electron chi connectivity index (χ1n) is 7.02. The lowest BCUT2D eigenvalue weighted by atomic mass is 9.89. The maximum absolute atomic E-state index is 11.9. The van der Waals surface area contributed by atoms with Gasteiger partial charge in [0.05, 0.1) is 6.61 Å². The number of hydrogen-bond donors (Lipinski definition) is 1. The lowest BCUT2D eigenvalue weighted by molar-refractivity contribution is 0.0522. The van der Waals surface area contributed by atoms with Crippen LogP contribution in [0.4, 0.5) is 5.69 Å². The fourth-order valence-corrected chi connectivity index (χ4v) is 3.21. The number of carbonyl (C=O) groups is 1. The van der Waals surface area contributed by atoms with Crippen LogP contribution < -0.4 is 4.90 Å². The van der Waals surface area contributed by atoms with E-state index in [9.17, 15) is 9.90 Å². The second-order valence-electron chi connectivity index (χ2n) is 5.17. The summed E-state index contributed by atoms with van der Waals surface area (Å²) in [6, 6.07) is 1.82. The Bertz CT molecular complexity index is 523. The van der Waals surface area contributed by atoms with Gasteiger partial charge in [-0.25, -0.2) is 4.79 Å². The molecule has 4 heteroatoms. The molecule has 102 valence electrons. The molecule has 2 aliphatic rings. The van der Waals surface area contributed by atoms with Crippen molar-refractivity contribution >= 4 is 11.7 Å². The molecule has 4 nitrogen and oxygen atoms in total. The second-order valence-corrected chi connectivity index (χ2v) is 5.17. The third-order valence-corrected chi connectivity index (χ3v) is 3.99. The fourth-order valence-electron chi connectivity index (χ4n) is 3.21. The highest BCUT2D eigenvalue weighted by atomic mass is 16.5. The zero-order valence-electron chi connectivity index (χ0n) is 11.2. The Kier molecular flexibility index (Phi) is 3.09. The average Bonchev–Trinajstić information content (AvgIpc) is 2.43. The van der Waals surface area contributed by atoms with Gasteiger partial charge >= 0.3 is 5.97 Å². The molecule has 19 heavy (non-hydrogen) atoms. The summed E-state index contributed by atoms with van der Waals surface area (Å²) >= 11 is 0. The Balaban J connectivity index is 2.12. The number of anilines is 1. The quantitative estimate of drug-likeness (QED) is 0.830. The zero-order chi connectivity index (χ0) is 13.4. The maximum Gasteiger partial charge on any atom is 0.341 e. The van der Waals surface area contributed by atoms with Gasteiger partial charge in [-0.05, 0) is 44.2 Å². The number of rotatable bonds is 2. The average molecular weight is 261 g/mol. The van der Waals surface area contributed by atoms with Crippen molar-refractivity contribution in [2.75, 3.05) is 24.6 Å². The van der Waals surface area contributed by atoms with Crippen LogP contribution in [0.2, 0.25) is 0 Å². The molecule has 1 N–H and O–H groups in total. The predicted molar refractivity (Wildman–Crippen MR) is 72.9 cm³/mol. The van der Waals surface area contributed by atoms with E-state index >= 15 is 0 Å². The highest BCUT2D eigenvalue weighted by Crippen LogP contribution is 2.42. The zero-order valence-corrected chi connectivity index (χ0v) is 11.2. The lowest BCUT2D eigenvalue weighted by Crippen LogP contribution is -2.34. The first-order chi connectivity index (χ1) is 9.22. The molecule has 0 unspecified atom stereocenters. The number of phenolic OH excluding ortho intramolecular Hbond substituents is 1. The van der Waals surface area contributed by atoms with E-state index in [2.05, 4.69) is 4.90 Å². The Morgan fingerprint density at radius 3 is 2.84 bits per heavy atom. The normalized spacial score (nSPS) is 17.0. The molecule has 0 fully saturated rings. The van der Waals surface area contributed by atoms with Crippen molar-refractivity contribution in [2.24, 2.45) is 0 Å². The van der Waals surface area contributed by atoms with Crippen molar-refractivity contribution in [2.45, 2.75) is 32.6 Å². The van der Waals surface area contributed by atoms with Crippen molar-refractivity contribution in [3.8, 4) is 5.75 Å². The Hall–Kier alpha value is -1.71. The molecule has 0 aromatic heterocycles. The second kappa shape index (κ2) is 4.76. The van der Waals surface area contributed by atoms with E-state index in [1.54, 1.807) is 6.92 Å². The number of nitrogens with zero attached hydrogens (tertiary/aromatic N) is 1. The molecule has 1 aromatic rings. The van der Waals surface area contributed by atoms with Gasteiger partial charge in [-0.3, -0.25) is 0 Å². The van der Waals surface area contributed by atoms with E-state index in [4.69, 9.17) is 4.74 Å². The largest absolute Gasteiger partial charge is 0.507 e. The van der Waals surface area contributed by atoms with Gasteiger partial charge in [0, 0.05) is 24.3 Å². The number of hydrogen-bond acceptors (Lipinski definition) is 4. The fraction of sp³-hybridized carbons (Fsp3) is 0.533. The van der Waals surface area contributed by atoms with Crippen LogP contribution in [0.15, 0.2) is 6.07 Å². The minimum Gasteiger partial charge on any atom is -0.507 e. The minimum absolute atomic E-state index is 0.129. The molecule has 2 aliphatic heterocycles. The van der Waals surface area contributed by atoms with Gasteiger partial charge in [-0.2, -0.15) is 0 Å². The van der Waals surface area contributed by atoms with Gasteiger partial charge in [-0.15, -0.1) is 0 Å². The summed E-state index contributed by atoms with van der Waals surface area (Å²) < 4.78 is 5.03. The Labute approximate surface area is 113 Å². The summed E-state index contributed by atoms with van der Waals surface area (Å²) in [6.07, 6.45) is 3.97. The van der Waals surface area contributed by atoms with E-state index in [-0.39, 0.29) is 5.75 Å². The van der Waals surface area contributed by atoms with Crippen molar-refractivity contribution in [3.63, 3.8) is 0 Å². The minimum atomic E-state index is -0.415. The Morgan fingerprint density at radius 2 is 2.11 bits per heavy atom. The van der Waals surface area contributed by atoms with Crippen molar-refractivity contribution < 1.29 is 14.6 Å². The van der Waals surface area contributed by atoms with E-state index in [1.165, 1.54) is 11.3 Å². The van der Waals surface area contributed by atoms with Crippen LogP contribution in [-0.4, -0.2) is 30.8 Å². The number of carbonyl (C=O) groups excluding carboxylic acids is 1. The van der Waals surface area contributed by atoms with Crippen LogP contribution in [0, 0.1) is 0 Å². The van der Waals surface area contributed by atoms with Crippen LogP contribution in [0.1, 0.15) is 41.3 Å². The van der Waals surface area contributed by atoms with Gasteiger partial charge < -0.3 is 14.7 Å². The van der Waals surface area contributed by atoms with E-state index in [0.29, 0.717) is 12.2 Å². The molecular formula is C15H19NO3. The van der Waals surface area contributed by atoms with Crippen molar-refractivity contribution in [3.05, 3.63) is 22.8 Å². The molecule has 0 saturated carbocycles. The molecular weight excluding hydrogens is 242 g/mol. The van der Waals surface area contributed by atoms with E-state index in [0.717, 1.165) is 44.3 Å². The smallest absolute Gasteiger partial charge is 0.341 e. The van der Waals surface area contributed by atoms with Crippen LogP contribution in [0.3, 0.4) is 0 Å². The van der Waals surface area contributed by atoms with Gasteiger partial charge in [0.2, 0.25) is 0 Å². The van der Waals surface area contributed by atoms with Crippen LogP contribution in [0.5, 0.6) is 5.75 Å². The number of aromatic hydroxyl groups is 1. The molecule has 0 aliphatic carbocycles. The maximum atomic E-state index is 11.9. The molecule has 0 radical (unpaired) electrons. The molecule has 0 saturated heterocycles. The number of ether oxygens (including phenoxy) is 1. The summed E-state index contributed by atoms with van der Waals surface area (Å²) in [5.41, 5.74) is 3.62. The molecule has 0 spiro atoms. The van der Waals surface area contributed by atoms with Crippen molar-refractivity contribution in [1.82, 2.24) is 0 Å². The molecule has 0 atom stereocenters. The monoisotopic (exact) mass is 261 g/mol. The molecule has 3 rings (SSSR count). The van der Waals surface area contributed by atoms with Gasteiger partial charge in [-0.1, -0.05) is 0 Å². The van der Waals surface area contributed by atoms with E-state index in [1.807, 2.05) is 6.07 Å². The topological polar surface area (TPSA) is 49.8 Å². The molecule has 2 heterocycles. The molecule has 0 bridgehead atoms. The van der Waals surface area contributed by atoms with Crippen molar-refractivity contribution in [1.29, 1.82) is 0 Å². The highest BCUT2D eigenvalue weighted by Gasteiger charge is 2.29. The van der Waals surface area contributed by atoms with Crippen LogP contribution >= 0.6 is 0 Å². The van der Waals surface area contributed by atoms with E-state index < -0.39 is 5.97 Å². The van der Waals surface area contributed by atoms with Gasteiger partial charge in [0.1, 0.15) is 11.3 Å². The highest BCUT2D eigenvalue weighted by molar-refractivity contribution is 5.95. The number of esters is 1. The molecule has 1 aromatic carbocycles. The molecule has 0 amide bonds. The summed E-state index contributed by atoms with van der Waals surface area (Å²) in [5, 5.41) is 10.4. The standard InChI is InChI=1S/C15H19NO3/c1-2-19-15(18)12-9-10-5-3-7-16-8-4-6-11(13(10)16)14(12)17/h9,17H,2-8H2,1H3. The first kappa shape index (κ1) is 12.3. The Morgan fingerprint density at radius 1 is 1.37 bits per heavy atom. The first-order valence-corrected chi connectivity index (χ1v) is 7.02. The number of phenols is 1. The number of aryl methyl sites for hydroxylation is 1. The van der Waals surface area contributed by atoms with Crippen LogP contribution in [0.25, 0.3) is 0 Å². The van der Waals surface area contributed by atoms with Crippen LogP contribution in [-0.2, 0) is 17.6 Å². The lowest BCUT2D eigenvalue weighted by Gasteiger charge is -2.37. The summed E-state index contributed by atoms with van der Waals surface area (Å²) in [4.78, 5) is 14.3. The SMILES string of the molecule is CCOC(=O)c1cc2c3c(c1O)CCCN3CCC2. The van der Waals surface area contributed by atoms with Gasteiger partial charge in [0.25, 0.3) is 0 Å². The predicted octanol–water partition coefficient (Wildman–Crippen LogP) is 2.27. The van der Waals surface area contributed by atoms with Gasteiger partial charge in [0.15, 0.2) is 0 Å². The summed E-state index contributed by atoms with van der Waals surface area (Å²) in [7, 11) is 0. The summed E-state index contributed by atoms with van der Waals surface area (Å²) in [6.45, 7) is 4.21. The third-order valence-electron chi connectivity index (χ3n) is 3.99. The number of benzene rings is 1. The third kappa shape index (κ3) is 1.95.